The number of benzene rings is 3. The minimum Gasteiger partial charge on any atom is -0.494 e. The Hall–Kier alpha value is -3.84. The number of imidazole rings is 2. The number of nitrogens with one attached hydrogen (secondary N) is 2. The van der Waals surface area contributed by atoms with Crippen molar-refractivity contribution in [3.8, 4) is 28.5 Å². The van der Waals surface area contributed by atoms with Crippen LogP contribution in [-0.2, 0) is 0 Å². The number of H-pyrrole nitrogens is 2. The molecule has 2 aromatic heterocycles. The SMILES string of the molecule is CCCCCN1CCN(c2ccc3nc(-c4ccc5nc(-c6ccc(OCC)cc6)[nH]c5c4)[nH]c3c2)CC1. The standard InChI is InChI=1S/C31H36N6O/c1-3-5-6-15-36-16-18-37(19-17-36)24-10-14-27-29(21-24)35-31(33-27)23-9-13-26-28(20-23)34-30(32-26)22-7-11-25(12-8-22)38-4-2/h7-14,20-21H,3-6,15-19H2,1-2H3,(H,32,34)(H,33,35). The van der Waals surface area contributed by atoms with Crippen LogP contribution in [-0.4, -0.2) is 64.2 Å². The van der Waals surface area contributed by atoms with Crippen LogP contribution in [0.1, 0.15) is 33.1 Å². The quantitative estimate of drug-likeness (QED) is 0.223. The first kappa shape index (κ1) is 24.5. The number of piperazine rings is 1. The molecule has 7 nitrogen and oxygen atoms in total. The lowest BCUT2D eigenvalue weighted by Gasteiger charge is -2.36. The number of hydrogen-bond acceptors (Lipinski definition) is 5. The molecule has 0 bridgehead atoms. The molecule has 0 saturated carbocycles. The number of anilines is 1. The van der Waals surface area contributed by atoms with E-state index in [-0.39, 0.29) is 0 Å². The molecule has 0 unspecified atom stereocenters. The Morgan fingerprint density at radius 1 is 0.737 bits per heavy atom. The van der Waals surface area contributed by atoms with Gasteiger partial charge in [0.1, 0.15) is 17.4 Å². The molecule has 3 heterocycles. The number of nitrogens with zero attached hydrogens (tertiary/aromatic N) is 4. The van der Waals surface area contributed by atoms with Crippen molar-refractivity contribution in [2.45, 2.75) is 33.1 Å². The Morgan fingerprint density at radius 2 is 1.39 bits per heavy atom. The molecular formula is C31H36N6O. The molecule has 6 rings (SSSR count). The third kappa shape index (κ3) is 5.11. The van der Waals surface area contributed by atoms with Crippen LogP contribution in [0.5, 0.6) is 5.75 Å². The molecule has 196 valence electrons. The van der Waals surface area contributed by atoms with Gasteiger partial charge < -0.3 is 19.6 Å². The highest BCUT2D eigenvalue weighted by Gasteiger charge is 2.18. The molecule has 7 heteroatoms. The summed E-state index contributed by atoms with van der Waals surface area (Å²) in [6.07, 6.45) is 3.93. The van der Waals surface area contributed by atoms with Gasteiger partial charge in [-0.1, -0.05) is 19.8 Å². The largest absolute Gasteiger partial charge is 0.494 e. The Kier molecular flexibility index (Phi) is 7.01. The van der Waals surface area contributed by atoms with Gasteiger partial charge in [0.2, 0.25) is 0 Å². The van der Waals surface area contributed by atoms with Crippen LogP contribution >= 0.6 is 0 Å². The normalized spacial score (nSPS) is 14.5. The molecular weight excluding hydrogens is 472 g/mol. The van der Waals surface area contributed by atoms with E-state index in [1.807, 2.05) is 31.2 Å². The predicted octanol–water partition coefficient (Wildman–Crippen LogP) is 6.48. The van der Waals surface area contributed by atoms with E-state index in [0.29, 0.717) is 6.61 Å². The molecule has 0 radical (unpaired) electrons. The van der Waals surface area contributed by atoms with Crippen LogP contribution in [0.25, 0.3) is 44.8 Å². The van der Waals surface area contributed by atoms with E-state index in [1.165, 1.54) is 31.5 Å². The zero-order valence-electron chi connectivity index (χ0n) is 22.3. The van der Waals surface area contributed by atoms with Gasteiger partial charge >= 0.3 is 0 Å². The fraction of sp³-hybridized carbons (Fsp3) is 0.355. The zero-order chi connectivity index (χ0) is 25.9. The minimum atomic E-state index is 0.659. The fourth-order valence-electron chi connectivity index (χ4n) is 5.32. The molecule has 0 amide bonds. The fourth-order valence-corrected chi connectivity index (χ4v) is 5.32. The van der Waals surface area contributed by atoms with Crippen LogP contribution in [0.4, 0.5) is 5.69 Å². The second-order valence-electron chi connectivity index (χ2n) is 10.1. The third-order valence-corrected chi connectivity index (χ3v) is 7.47. The molecule has 38 heavy (non-hydrogen) atoms. The Morgan fingerprint density at radius 3 is 2.11 bits per heavy atom. The molecule has 0 spiro atoms. The van der Waals surface area contributed by atoms with E-state index in [0.717, 1.165) is 76.8 Å². The first-order valence-electron chi connectivity index (χ1n) is 13.9. The van der Waals surface area contributed by atoms with Crippen molar-refractivity contribution < 1.29 is 4.74 Å². The molecule has 0 aliphatic carbocycles. The lowest BCUT2D eigenvalue weighted by molar-refractivity contribution is 0.252. The monoisotopic (exact) mass is 508 g/mol. The average Bonchev–Trinajstić information content (AvgIpc) is 3.58. The summed E-state index contributed by atoms with van der Waals surface area (Å²) >= 11 is 0. The number of hydrogen-bond donors (Lipinski definition) is 2. The molecule has 3 aromatic carbocycles. The molecule has 1 saturated heterocycles. The summed E-state index contributed by atoms with van der Waals surface area (Å²) in [5.74, 6) is 2.59. The van der Waals surface area contributed by atoms with Crippen LogP contribution in [0.2, 0.25) is 0 Å². The highest BCUT2D eigenvalue weighted by atomic mass is 16.5. The maximum absolute atomic E-state index is 5.56. The van der Waals surface area contributed by atoms with E-state index >= 15 is 0 Å². The van der Waals surface area contributed by atoms with Crippen LogP contribution in [0.15, 0.2) is 60.7 Å². The van der Waals surface area contributed by atoms with Crippen molar-refractivity contribution in [2.24, 2.45) is 0 Å². The summed E-state index contributed by atoms with van der Waals surface area (Å²) in [5, 5.41) is 0. The first-order chi connectivity index (χ1) is 18.7. The highest BCUT2D eigenvalue weighted by molar-refractivity contribution is 5.87. The Balaban J connectivity index is 1.19. The molecule has 1 fully saturated rings. The molecule has 0 atom stereocenters. The van der Waals surface area contributed by atoms with Gasteiger partial charge in [-0.3, -0.25) is 4.90 Å². The van der Waals surface area contributed by atoms with E-state index < -0.39 is 0 Å². The van der Waals surface area contributed by atoms with Gasteiger partial charge in [-0.15, -0.1) is 0 Å². The van der Waals surface area contributed by atoms with Crippen LogP contribution < -0.4 is 9.64 Å². The lowest BCUT2D eigenvalue weighted by atomic mass is 10.2. The summed E-state index contributed by atoms with van der Waals surface area (Å²) < 4.78 is 5.56. The molecule has 2 N–H and O–H groups in total. The van der Waals surface area contributed by atoms with Gasteiger partial charge in [0.05, 0.1) is 28.7 Å². The maximum Gasteiger partial charge on any atom is 0.138 e. The van der Waals surface area contributed by atoms with Crippen molar-refractivity contribution >= 4 is 27.8 Å². The minimum absolute atomic E-state index is 0.659. The Bertz CT molecular complexity index is 1510. The molecule has 1 aliphatic heterocycles. The second kappa shape index (κ2) is 10.9. The van der Waals surface area contributed by atoms with Gasteiger partial charge in [0, 0.05) is 43.0 Å². The van der Waals surface area contributed by atoms with Gasteiger partial charge in [-0.2, -0.15) is 0 Å². The van der Waals surface area contributed by atoms with Crippen molar-refractivity contribution in [3.63, 3.8) is 0 Å². The topological polar surface area (TPSA) is 73.1 Å². The number of fused-ring (bicyclic) bond motifs is 2. The van der Waals surface area contributed by atoms with Gasteiger partial charge in [-0.05, 0) is 80.6 Å². The van der Waals surface area contributed by atoms with Crippen LogP contribution in [0, 0.1) is 0 Å². The van der Waals surface area contributed by atoms with Crippen molar-refractivity contribution in [1.82, 2.24) is 24.8 Å². The average molecular weight is 509 g/mol. The van der Waals surface area contributed by atoms with E-state index in [1.54, 1.807) is 0 Å². The summed E-state index contributed by atoms with van der Waals surface area (Å²) in [4.78, 5) is 21.8. The van der Waals surface area contributed by atoms with Crippen molar-refractivity contribution in [1.29, 1.82) is 0 Å². The summed E-state index contributed by atoms with van der Waals surface area (Å²) in [5.41, 5.74) is 7.32. The summed E-state index contributed by atoms with van der Waals surface area (Å²) in [6, 6.07) is 20.9. The van der Waals surface area contributed by atoms with Gasteiger partial charge in [-0.25, -0.2) is 9.97 Å². The molecule has 5 aromatic rings. The van der Waals surface area contributed by atoms with Gasteiger partial charge in [0.15, 0.2) is 0 Å². The van der Waals surface area contributed by atoms with Crippen LogP contribution in [0.3, 0.4) is 0 Å². The third-order valence-electron chi connectivity index (χ3n) is 7.47. The van der Waals surface area contributed by atoms with E-state index in [4.69, 9.17) is 14.7 Å². The number of ether oxygens (including phenoxy) is 1. The maximum atomic E-state index is 5.56. The predicted molar refractivity (Wildman–Crippen MR) is 156 cm³/mol. The zero-order valence-corrected chi connectivity index (χ0v) is 22.3. The molecule has 1 aliphatic rings. The number of aromatic amines is 2. The smallest absolute Gasteiger partial charge is 0.138 e. The summed E-state index contributed by atoms with van der Waals surface area (Å²) in [7, 11) is 0. The van der Waals surface area contributed by atoms with E-state index in [2.05, 4.69) is 63.1 Å². The summed E-state index contributed by atoms with van der Waals surface area (Å²) in [6.45, 7) is 10.6. The van der Waals surface area contributed by atoms with E-state index in [9.17, 15) is 0 Å². The number of rotatable bonds is 9. The number of unbranched alkanes of at least 4 members (excludes halogenated alkanes) is 2. The van der Waals surface area contributed by atoms with Crippen molar-refractivity contribution in [2.75, 3.05) is 44.2 Å². The highest BCUT2D eigenvalue weighted by Crippen LogP contribution is 2.29. The lowest BCUT2D eigenvalue weighted by Crippen LogP contribution is -2.46. The van der Waals surface area contributed by atoms with Crippen molar-refractivity contribution in [3.05, 3.63) is 60.7 Å². The first-order valence-corrected chi connectivity index (χ1v) is 13.9. The second-order valence-corrected chi connectivity index (χ2v) is 10.1. The number of aromatic nitrogens is 4. The Labute approximate surface area is 223 Å². The van der Waals surface area contributed by atoms with Gasteiger partial charge in [0.25, 0.3) is 0 Å².